The van der Waals surface area contributed by atoms with E-state index in [2.05, 4.69) is 5.32 Å². The summed E-state index contributed by atoms with van der Waals surface area (Å²) in [5.41, 5.74) is 2.70. The van der Waals surface area contributed by atoms with E-state index in [0.29, 0.717) is 17.8 Å². The van der Waals surface area contributed by atoms with Gasteiger partial charge in [0.1, 0.15) is 5.82 Å². The molecule has 0 aliphatic carbocycles. The molecule has 0 aliphatic heterocycles. The van der Waals surface area contributed by atoms with E-state index in [9.17, 15) is 17.6 Å². The molecule has 5 nitrogen and oxygen atoms in total. The van der Waals surface area contributed by atoms with Crippen LogP contribution >= 0.6 is 0 Å². The van der Waals surface area contributed by atoms with Crippen molar-refractivity contribution in [3.63, 3.8) is 0 Å². The van der Waals surface area contributed by atoms with Crippen LogP contribution in [0.5, 0.6) is 0 Å². The van der Waals surface area contributed by atoms with Crippen molar-refractivity contribution >= 4 is 27.3 Å². The van der Waals surface area contributed by atoms with Crippen LogP contribution in [0.2, 0.25) is 0 Å². The van der Waals surface area contributed by atoms with Crippen molar-refractivity contribution in [1.82, 2.24) is 0 Å². The lowest BCUT2D eigenvalue weighted by molar-refractivity contribution is -0.116. The van der Waals surface area contributed by atoms with Gasteiger partial charge in [0.15, 0.2) is 0 Å². The van der Waals surface area contributed by atoms with Crippen molar-refractivity contribution in [2.24, 2.45) is 0 Å². The van der Waals surface area contributed by atoms with E-state index >= 15 is 0 Å². The Morgan fingerprint density at radius 3 is 2.50 bits per heavy atom. The van der Waals surface area contributed by atoms with Crippen LogP contribution in [-0.4, -0.2) is 27.1 Å². The SMILES string of the molecule is CCc1cccc(C)c1N(CCC(=O)Nc1cccc(F)c1)S(C)(=O)=O. The van der Waals surface area contributed by atoms with E-state index in [1.807, 2.05) is 32.0 Å². The molecule has 0 saturated carbocycles. The molecule has 1 amide bonds. The Kier molecular flexibility index (Phi) is 6.37. The van der Waals surface area contributed by atoms with Gasteiger partial charge in [-0.05, 0) is 42.7 Å². The van der Waals surface area contributed by atoms with Gasteiger partial charge in [0.05, 0.1) is 11.9 Å². The molecule has 2 aromatic carbocycles. The Morgan fingerprint density at radius 2 is 1.88 bits per heavy atom. The number of sulfonamides is 1. The zero-order valence-corrected chi connectivity index (χ0v) is 15.9. The van der Waals surface area contributed by atoms with Gasteiger partial charge in [-0.25, -0.2) is 12.8 Å². The summed E-state index contributed by atoms with van der Waals surface area (Å²) in [5.74, 6) is -0.830. The third-order valence-corrected chi connectivity index (χ3v) is 5.17. The number of hydrogen-bond donors (Lipinski definition) is 1. The molecule has 2 aromatic rings. The largest absolute Gasteiger partial charge is 0.326 e. The topological polar surface area (TPSA) is 66.5 Å². The summed E-state index contributed by atoms with van der Waals surface area (Å²) in [6.45, 7) is 3.81. The molecule has 140 valence electrons. The Hall–Kier alpha value is -2.41. The highest BCUT2D eigenvalue weighted by molar-refractivity contribution is 7.92. The standard InChI is InChI=1S/C19H23FN2O3S/c1-4-15-8-5-7-14(2)19(15)22(26(3,24)25)12-11-18(23)21-17-10-6-9-16(20)13-17/h5-10,13H,4,11-12H2,1-3H3,(H,21,23). The van der Waals surface area contributed by atoms with Crippen molar-refractivity contribution in [3.8, 4) is 0 Å². The van der Waals surface area contributed by atoms with Crippen LogP contribution in [-0.2, 0) is 21.2 Å². The van der Waals surface area contributed by atoms with Crippen LogP contribution in [0.1, 0.15) is 24.5 Å². The normalized spacial score (nSPS) is 11.2. The number of halogens is 1. The summed E-state index contributed by atoms with van der Waals surface area (Å²) < 4.78 is 39.1. The van der Waals surface area contributed by atoms with E-state index in [1.54, 1.807) is 6.07 Å². The van der Waals surface area contributed by atoms with Gasteiger partial charge in [-0.2, -0.15) is 0 Å². The number of carbonyl (C=O) groups excluding carboxylic acids is 1. The second kappa shape index (κ2) is 8.31. The Bertz CT molecular complexity index is 897. The van der Waals surface area contributed by atoms with Crippen LogP contribution in [0.4, 0.5) is 15.8 Å². The second-order valence-corrected chi connectivity index (χ2v) is 7.99. The highest BCUT2D eigenvalue weighted by Gasteiger charge is 2.22. The van der Waals surface area contributed by atoms with Crippen LogP contribution in [0.15, 0.2) is 42.5 Å². The maximum atomic E-state index is 13.2. The fourth-order valence-corrected chi connectivity index (χ4v) is 3.81. The molecule has 0 radical (unpaired) electrons. The first-order valence-corrected chi connectivity index (χ1v) is 10.2. The molecule has 0 spiro atoms. The highest BCUT2D eigenvalue weighted by Crippen LogP contribution is 2.28. The van der Waals surface area contributed by atoms with Gasteiger partial charge < -0.3 is 5.32 Å². The molecule has 0 bridgehead atoms. The molecule has 0 fully saturated rings. The number of amides is 1. The first kappa shape index (κ1) is 19.9. The lowest BCUT2D eigenvalue weighted by Crippen LogP contribution is -2.34. The number of benzene rings is 2. The van der Waals surface area contributed by atoms with Crippen LogP contribution in [0, 0.1) is 12.7 Å². The molecule has 2 rings (SSSR count). The average molecular weight is 378 g/mol. The van der Waals surface area contributed by atoms with Gasteiger partial charge in [0.2, 0.25) is 15.9 Å². The smallest absolute Gasteiger partial charge is 0.232 e. The third-order valence-electron chi connectivity index (χ3n) is 4.00. The summed E-state index contributed by atoms with van der Waals surface area (Å²) in [7, 11) is -3.55. The van der Waals surface area contributed by atoms with Crippen molar-refractivity contribution in [2.75, 3.05) is 22.4 Å². The van der Waals surface area contributed by atoms with E-state index in [-0.39, 0.29) is 18.9 Å². The summed E-state index contributed by atoms with van der Waals surface area (Å²) >= 11 is 0. The van der Waals surface area contributed by atoms with Crippen LogP contribution in [0.3, 0.4) is 0 Å². The minimum Gasteiger partial charge on any atom is -0.326 e. The molecular weight excluding hydrogens is 355 g/mol. The summed E-state index contributed by atoms with van der Waals surface area (Å²) in [6, 6.07) is 11.2. The monoisotopic (exact) mass is 378 g/mol. The number of hydrogen-bond acceptors (Lipinski definition) is 3. The fraction of sp³-hybridized carbons (Fsp3) is 0.316. The van der Waals surface area contributed by atoms with Gasteiger partial charge in [-0.3, -0.25) is 9.10 Å². The average Bonchev–Trinajstić information content (AvgIpc) is 2.55. The van der Waals surface area contributed by atoms with Gasteiger partial charge in [-0.15, -0.1) is 0 Å². The van der Waals surface area contributed by atoms with E-state index in [0.717, 1.165) is 17.4 Å². The molecule has 0 aromatic heterocycles. The maximum Gasteiger partial charge on any atom is 0.232 e. The predicted molar refractivity (Wildman–Crippen MR) is 102 cm³/mol. The summed E-state index contributed by atoms with van der Waals surface area (Å²) in [5, 5.41) is 2.58. The summed E-state index contributed by atoms with van der Waals surface area (Å²) in [6.07, 6.45) is 1.77. The molecule has 0 unspecified atom stereocenters. The summed E-state index contributed by atoms with van der Waals surface area (Å²) in [4.78, 5) is 12.2. The molecule has 7 heteroatoms. The van der Waals surface area contributed by atoms with E-state index < -0.39 is 15.8 Å². The zero-order chi connectivity index (χ0) is 19.3. The number of nitrogens with one attached hydrogen (secondary N) is 1. The van der Waals surface area contributed by atoms with E-state index in [4.69, 9.17) is 0 Å². The van der Waals surface area contributed by atoms with Crippen molar-refractivity contribution in [2.45, 2.75) is 26.7 Å². The first-order valence-electron chi connectivity index (χ1n) is 8.34. The third kappa shape index (κ3) is 5.05. The Morgan fingerprint density at radius 1 is 1.19 bits per heavy atom. The zero-order valence-electron chi connectivity index (χ0n) is 15.1. The van der Waals surface area contributed by atoms with Crippen LogP contribution in [0.25, 0.3) is 0 Å². The molecular formula is C19H23FN2O3S. The number of nitrogens with zero attached hydrogens (tertiary/aromatic N) is 1. The van der Waals surface area contributed by atoms with Gasteiger partial charge in [0, 0.05) is 18.7 Å². The lowest BCUT2D eigenvalue weighted by Gasteiger charge is -2.26. The highest BCUT2D eigenvalue weighted by atomic mass is 32.2. The number of rotatable bonds is 7. The fourth-order valence-electron chi connectivity index (χ4n) is 2.80. The predicted octanol–water partition coefficient (Wildman–Crippen LogP) is 3.49. The second-order valence-electron chi connectivity index (χ2n) is 6.08. The van der Waals surface area contributed by atoms with Gasteiger partial charge in [0.25, 0.3) is 0 Å². The Labute approximate surface area is 153 Å². The molecule has 0 atom stereocenters. The number of aryl methyl sites for hydroxylation is 2. The van der Waals surface area contributed by atoms with Crippen LogP contribution < -0.4 is 9.62 Å². The number of anilines is 2. The van der Waals surface area contributed by atoms with Crippen molar-refractivity contribution < 1.29 is 17.6 Å². The molecule has 26 heavy (non-hydrogen) atoms. The number of carbonyl (C=O) groups is 1. The lowest BCUT2D eigenvalue weighted by atomic mass is 10.1. The van der Waals surface area contributed by atoms with Gasteiger partial charge >= 0.3 is 0 Å². The maximum absolute atomic E-state index is 13.2. The van der Waals surface area contributed by atoms with E-state index in [1.165, 1.54) is 22.5 Å². The first-order chi connectivity index (χ1) is 12.2. The quantitative estimate of drug-likeness (QED) is 0.802. The van der Waals surface area contributed by atoms with Crippen molar-refractivity contribution in [3.05, 3.63) is 59.4 Å². The molecule has 0 heterocycles. The minimum absolute atomic E-state index is 0.0117. The molecule has 1 N–H and O–H groups in total. The number of para-hydroxylation sites is 1. The Balaban J connectivity index is 2.19. The molecule has 0 aliphatic rings. The minimum atomic E-state index is -3.55. The van der Waals surface area contributed by atoms with Crippen molar-refractivity contribution in [1.29, 1.82) is 0 Å². The van der Waals surface area contributed by atoms with Gasteiger partial charge in [-0.1, -0.05) is 31.2 Å². The molecule has 0 saturated heterocycles.